The van der Waals surface area contributed by atoms with Crippen LogP contribution in [0.3, 0.4) is 0 Å². The number of allylic oxidation sites excluding steroid dienone is 1. The Balaban J connectivity index is 2.01. The van der Waals surface area contributed by atoms with Gasteiger partial charge in [0.2, 0.25) is 17.7 Å². The summed E-state index contributed by atoms with van der Waals surface area (Å²) in [6.07, 6.45) is -8.15. The fraction of sp³-hybridized carbons (Fsp3) is 0.500. The van der Waals surface area contributed by atoms with E-state index in [-0.39, 0.29) is 65.8 Å². The molecule has 12 N–H and O–H groups in total. The van der Waals surface area contributed by atoms with Crippen molar-refractivity contribution in [2.75, 3.05) is 6.61 Å². The fourth-order valence-electron chi connectivity index (χ4n) is 5.26. The number of aliphatic imine (C=N–C) groups is 1. The Morgan fingerprint density at radius 2 is 1.74 bits per heavy atom. The molecule has 16 heteroatoms. The van der Waals surface area contributed by atoms with Crippen molar-refractivity contribution in [1.82, 2.24) is 5.32 Å². The van der Waals surface area contributed by atoms with Crippen molar-refractivity contribution >= 4 is 34.4 Å². The third-order valence-corrected chi connectivity index (χ3v) is 7.63. The van der Waals surface area contributed by atoms with Gasteiger partial charge in [-0.25, -0.2) is 0 Å². The topological polar surface area (TPSA) is 294 Å². The van der Waals surface area contributed by atoms with Crippen LogP contribution < -0.4 is 27.9 Å². The summed E-state index contributed by atoms with van der Waals surface area (Å²) in [4.78, 5) is 54.2. The largest absolute Gasteiger partial charge is 0.507 e. The lowest BCUT2D eigenvalue weighted by Crippen LogP contribution is -2.55. The molecule has 1 aliphatic heterocycles. The molecular weight excluding hydrogens is 606 g/mol. The van der Waals surface area contributed by atoms with E-state index in [1.165, 1.54) is 19.1 Å². The van der Waals surface area contributed by atoms with Gasteiger partial charge in [0.15, 0.2) is 5.43 Å². The van der Waals surface area contributed by atoms with E-state index in [0.717, 1.165) is 0 Å². The zero-order valence-corrected chi connectivity index (χ0v) is 25.5. The van der Waals surface area contributed by atoms with Crippen LogP contribution in [0, 0.1) is 6.92 Å². The second-order valence-electron chi connectivity index (χ2n) is 11.4. The molecule has 1 aromatic heterocycles. The number of phenolic OH excluding ortho intramolecular Hbond substituents is 1. The summed E-state index contributed by atoms with van der Waals surface area (Å²) in [6.45, 7) is 5.92. The average Bonchev–Trinajstić information content (AvgIpc) is 2.96. The van der Waals surface area contributed by atoms with Crippen LogP contribution in [0.25, 0.3) is 11.0 Å². The van der Waals surface area contributed by atoms with Crippen LogP contribution in [0.4, 0.5) is 0 Å². The minimum atomic E-state index is -1.77. The van der Waals surface area contributed by atoms with Gasteiger partial charge in [0.05, 0.1) is 17.6 Å². The molecule has 16 nitrogen and oxygen atoms in total. The van der Waals surface area contributed by atoms with Gasteiger partial charge in [-0.2, -0.15) is 0 Å². The van der Waals surface area contributed by atoms with Crippen LogP contribution in [-0.2, 0) is 25.5 Å². The van der Waals surface area contributed by atoms with E-state index in [9.17, 15) is 44.7 Å². The number of benzene rings is 1. The van der Waals surface area contributed by atoms with E-state index in [1.807, 2.05) is 0 Å². The van der Waals surface area contributed by atoms with Crippen molar-refractivity contribution in [2.45, 2.75) is 88.6 Å². The Kier molecular flexibility index (Phi) is 12.0. The number of hydrogen-bond acceptors (Lipinski definition) is 13. The van der Waals surface area contributed by atoms with Gasteiger partial charge in [-0.3, -0.25) is 24.2 Å². The third-order valence-electron chi connectivity index (χ3n) is 7.63. The van der Waals surface area contributed by atoms with Crippen LogP contribution in [-0.4, -0.2) is 92.1 Å². The van der Waals surface area contributed by atoms with Gasteiger partial charge in [-0.15, -0.1) is 0 Å². The molecule has 3 amide bonds. The molecule has 252 valence electrons. The highest BCUT2D eigenvalue weighted by molar-refractivity contribution is 5.93. The van der Waals surface area contributed by atoms with Gasteiger partial charge in [-0.05, 0) is 44.7 Å². The zero-order chi connectivity index (χ0) is 34.5. The molecule has 7 unspecified atom stereocenters. The van der Waals surface area contributed by atoms with Crippen molar-refractivity contribution in [3.05, 3.63) is 51.5 Å². The molecule has 0 aliphatic carbocycles. The highest BCUT2D eigenvalue weighted by atomic mass is 16.5. The summed E-state index contributed by atoms with van der Waals surface area (Å²) in [5, 5.41) is 54.4. The van der Waals surface area contributed by atoms with Gasteiger partial charge in [0, 0.05) is 30.3 Å². The summed E-state index contributed by atoms with van der Waals surface area (Å²) < 4.78 is 11.7. The number of ether oxygens (including phenoxy) is 1. The van der Waals surface area contributed by atoms with E-state index in [2.05, 4.69) is 16.9 Å². The second kappa shape index (κ2) is 15.3. The number of hydrogen-bond donors (Lipinski definition) is 9. The number of nitrogens with two attached hydrogens (primary N) is 3. The molecule has 0 radical (unpaired) electrons. The predicted octanol–water partition coefficient (Wildman–Crippen LogP) is -1.82. The number of aryl methyl sites for hydroxylation is 1. The van der Waals surface area contributed by atoms with Gasteiger partial charge < -0.3 is 57.2 Å². The number of amides is 3. The lowest BCUT2D eigenvalue weighted by molar-refractivity contribution is -0.231. The molecular formula is C30H41N5O11. The van der Waals surface area contributed by atoms with E-state index in [0.29, 0.717) is 5.56 Å². The molecule has 1 fully saturated rings. The molecule has 1 saturated heterocycles. The number of carbonyl (C=O) groups excluding carboxylic acids is 3. The Morgan fingerprint density at radius 1 is 1.07 bits per heavy atom. The molecule has 0 saturated carbocycles. The van der Waals surface area contributed by atoms with E-state index < -0.39 is 78.1 Å². The quantitative estimate of drug-likeness (QED) is 0.102. The molecule has 1 aliphatic rings. The summed E-state index contributed by atoms with van der Waals surface area (Å²) >= 11 is 0. The Bertz CT molecular complexity index is 1570. The van der Waals surface area contributed by atoms with E-state index in [1.54, 1.807) is 6.92 Å². The van der Waals surface area contributed by atoms with Crippen molar-refractivity contribution < 1.29 is 49.1 Å². The molecule has 0 bridgehead atoms. The summed E-state index contributed by atoms with van der Waals surface area (Å²) in [5.74, 6) is -2.62. The van der Waals surface area contributed by atoms with Crippen LogP contribution in [0.2, 0.25) is 0 Å². The molecule has 2 aromatic rings. The van der Waals surface area contributed by atoms with E-state index >= 15 is 0 Å². The van der Waals surface area contributed by atoms with Gasteiger partial charge >= 0.3 is 0 Å². The standard InChI is InChI=1S/C30H41N5O11/c1-12-8-18(37)23(28-26(42)25(41)24(40)20(11-36)46-28)27-22(12)19(38)10-15(45-27)9-14(3)34-17(6-7-21(32)39)30(44)35-16(29(33)43)5-4-13(2)31/h8,10,16-17,20,24-26,28,36-37,40-42H,2,4-7,9,11,31H2,1,3H3,(H2,32,39)(H2,33,43)(H,35,44)/b34-14-. The number of nitrogens with one attached hydrogen (secondary N) is 1. The number of primary amides is 2. The first kappa shape index (κ1) is 36.1. The maximum absolute atomic E-state index is 13.3. The number of aliphatic hydroxyl groups is 4. The number of rotatable bonds is 14. The Labute approximate surface area is 263 Å². The summed E-state index contributed by atoms with van der Waals surface area (Å²) in [7, 11) is 0. The van der Waals surface area contributed by atoms with Crippen molar-refractivity contribution in [3.8, 4) is 5.75 Å². The zero-order valence-electron chi connectivity index (χ0n) is 25.5. The monoisotopic (exact) mass is 647 g/mol. The second-order valence-corrected chi connectivity index (χ2v) is 11.4. The number of aromatic hydroxyl groups is 1. The van der Waals surface area contributed by atoms with Crippen LogP contribution in [0.5, 0.6) is 5.75 Å². The third kappa shape index (κ3) is 8.46. The molecule has 1 aromatic carbocycles. The SMILES string of the molecule is C=C(N)CCC(NC(=O)C(CCC(N)=O)/N=C(/C)Cc1cc(=O)c2c(C)cc(O)c(C3OC(CO)C(O)C(O)C3O)c2o1)C(N)=O. The maximum Gasteiger partial charge on any atom is 0.245 e. The Morgan fingerprint density at radius 3 is 2.33 bits per heavy atom. The van der Waals surface area contributed by atoms with E-state index in [4.69, 9.17) is 26.4 Å². The summed E-state index contributed by atoms with van der Waals surface area (Å²) in [6, 6.07) is 0.171. The first-order valence-corrected chi connectivity index (χ1v) is 14.5. The fourth-order valence-corrected chi connectivity index (χ4v) is 5.26. The Hall–Kier alpha value is -4.35. The van der Waals surface area contributed by atoms with Crippen LogP contribution in [0.1, 0.15) is 55.6 Å². The first-order valence-electron chi connectivity index (χ1n) is 14.5. The van der Waals surface area contributed by atoms with Gasteiger partial charge in [0.1, 0.15) is 59.7 Å². The molecule has 7 atom stereocenters. The number of aliphatic hydroxyl groups excluding tert-OH is 4. The maximum atomic E-state index is 13.3. The highest BCUT2D eigenvalue weighted by Crippen LogP contribution is 2.41. The number of phenols is 1. The van der Waals surface area contributed by atoms with Gasteiger partial charge in [0.25, 0.3) is 0 Å². The number of nitrogens with zero attached hydrogens (tertiary/aromatic N) is 1. The summed E-state index contributed by atoms with van der Waals surface area (Å²) in [5.41, 5.74) is 16.3. The van der Waals surface area contributed by atoms with Crippen LogP contribution >= 0.6 is 0 Å². The molecule has 0 spiro atoms. The molecule has 3 rings (SSSR count). The highest BCUT2D eigenvalue weighted by Gasteiger charge is 2.46. The number of carbonyl (C=O) groups is 3. The average molecular weight is 648 g/mol. The lowest BCUT2D eigenvalue weighted by Gasteiger charge is -2.40. The van der Waals surface area contributed by atoms with Crippen molar-refractivity contribution in [1.29, 1.82) is 0 Å². The smallest absolute Gasteiger partial charge is 0.245 e. The molecule has 46 heavy (non-hydrogen) atoms. The minimum absolute atomic E-state index is 0.0279. The minimum Gasteiger partial charge on any atom is -0.507 e. The van der Waals surface area contributed by atoms with Crippen molar-refractivity contribution in [3.63, 3.8) is 0 Å². The number of fused-ring (bicyclic) bond motifs is 1. The predicted molar refractivity (Wildman–Crippen MR) is 164 cm³/mol. The molecule has 2 heterocycles. The normalized spacial score (nSPS) is 23.1. The first-order chi connectivity index (χ1) is 21.5. The van der Waals surface area contributed by atoms with Gasteiger partial charge in [-0.1, -0.05) is 6.58 Å². The van der Waals surface area contributed by atoms with Crippen LogP contribution in [0.15, 0.2) is 38.6 Å². The van der Waals surface area contributed by atoms with Crippen molar-refractivity contribution in [2.24, 2.45) is 22.2 Å². The lowest BCUT2D eigenvalue weighted by atomic mass is 9.89.